The minimum absolute atomic E-state index is 0.0247. The van der Waals surface area contributed by atoms with Gasteiger partial charge in [0.2, 0.25) is 0 Å². The summed E-state index contributed by atoms with van der Waals surface area (Å²) in [6, 6.07) is 3.43. The largest absolute Gasteiger partial charge is 0.504 e. The second-order valence-electron chi connectivity index (χ2n) is 8.01. The molecule has 4 rings (SSSR count). The molecule has 5 heteroatoms. The van der Waals surface area contributed by atoms with Crippen LogP contribution in [0.1, 0.15) is 43.7 Å². The number of benzene rings is 1. The number of ketones is 1. The van der Waals surface area contributed by atoms with Crippen LogP contribution in [-0.2, 0) is 16.6 Å². The van der Waals surface area contributed by atoms with Gasteiger partial charge in [-0.05, 0) is 37.9 Å². The standard InChI is InChI=1S/C21H27NO4/c1-4-9-20-17-13-6-7-14(23)18(17)26-19(20)15(24)8-10-21(20,25)16(12-13)22(3)11-5-2/h5-7,16,19,23,25H,2,4,8-12H2,1,3H3/t16?,19?,20-,21?/m1/s1. The molecular weight excluding hydrogens is 330 g/mol. The van der Waals surface area contributed by atoms with E-state index in [0.29, 0.717) is 38.0 Å². The molecule has 1 aliphatic heterocycles. The Morgan fingerprint density at radius 2 is 2.23 bits per heavy atom. The maximum atomic E-state index is 12.8. The number of phenolic OH excluding ortho intramolecular Hbond substituents is 1. The minimum atomic E-state index is -1.08. The molecule has 0 amide bonds. The maximum Gasteiger partial charge on any atom is 0.174 e. The molecule has 5 nitrogen and oxygen atoms in total. The third-order valence-corrected chi connectivity index (χ3v) is 6.73. The second-order valence-corrected chi connectivity index (χ2v) is 8.01. The number of likely N-dealkylation sites (N-methyl/N-ethyl adjacent to an activating group) is 1. The van der Waals surface area contributed by atoms with E-state index in [1.165, 1.54) is 0 Å². The van der Waals surface area contributed by atoms with E-state index in [2.05, 4.69) is 18.4 Å². The summed E-state index contributed by atoms with van der Waals surface area (Å²) in [6.07, 6.45) is 3.98. The van der Waals surface area contributed by atoms with Crippen molar-refractivity contribution in [2.75, 3.05) is 13.6 Å². The highest BCUT2D eigenvalue weighted by Gasteiger charge is 2.70. The molecule has 0 spiro atoms. The summed E-state index contributed by atoms with van der Waals surface area (Å²) in [6.45, 7) is 6.56. The molecule has 140 valence electrons. The molecule has 1 saturated carbocycles. The van der Waals surface area contributed by atoms with Crippen LogP contribution in [0.5, 0.6) is 11.5 Å². The lowest BCUT2D eigenvalue weighted by Crippen LogP contribution is -2.72. The minimum Gasteiger partial charge on any atom is -0.504 e. The maximum absolute atomic E-state index is 12.8. The first-order chi connectivity index (χ1) is 12.4. The van der Waals surface area contributed by atoms with Gasteiger partial charge in [-0.3, -0.25) is 9.69 Å². The zero-order valence-corrected chi connectivity index (χ0v) is 15.5. The van der Waals surface area contributed by atoms with Crippen molar-refractivity contribution in [3.63, 3.8) is 0 Å². The Morgan fingerprint density at radius 3 is 2.92 bits per heavy atom. The predicted molar refractivity (Wildman–Crippen MR) is 98.6 cm³/mol. The van der Waals surface area contributed by atoms with Crippen LogP contribution in [0.15, 0.2) is 24.8 Å². The number of rotatable bonds is 5. The molecular formula is C21H27NO4. The Hall–Kier alpha value is -1.85. The number of ether oxygens (including phenoxy) is 1. The van der Waals surface area contributed by atoms with E-state index < -0.39 is 17.1 Å². The van der Waals surface area contributed by atoms with Gasteiger partial charge < -0.3 is 14.9 Å². The average molecular weight is 357 g/mol. The molecule has 1 fully saturated rings. The highest BCUT2D eigenvalue weighted by atomic mass is 16.5. The molecule has 0 aromatic heterocycles. The summed E-state index contributed by atoms with van der Waals surface area (Å²) in [5, 5.41) is 22.5. The molecule has 0 radical (unpaired) electrons. The zero-order chi connectivity index (χ0) is 18.7. The smallest absolute Gasteiger partial charge is 0.174 e. The highest BCUT2D eigenvalue weighted by Crippen LogP contribution is 2.63. The number of phenols is 1. The Labute approximate surface area is 154 Å². The van der Waals surface area contributed by atoms with E-state index in [0.717, 1.165) is 17.5 Å². The number of aliphatic hydroxyl groups is 1. The van der Waals surface area contributed by atoms with Crippen molar-refractivity contribution < 1.29 is 19.7 Å². The highest BCUT2D eigenvalue weighted by molar-refractivity contribution is 5.89. The van der Waals surface area contributed by atoms with Crippen molar-refractivity contribution in [1.29, 1.82) is 0 Å². The summed E-state index contributed by atoms with van der Waals surface area (Å²) in [4.78, 5) is 14.9. The average Bonchev–Trinajstić information content (AvgIpc) is 2.97. The van der Waals surface area contributed by atoms with Crippen molar-refractivity contribution in [2.45, 2.75) is 62.2 Å². The summed E-state index contributed by atoms with van der Waals surface area (Å²) in [7, 11) is 2.00. The normalized spacial score (nSPS) is 34.5. The summed E-state index contributed by atoms with van der Waals surface area (Å²) < 4.78 is 6.06. The molecule has 3 aliphatic rings. The lowest BCUT2D eigenvalue weighted by Gasteiger charge is -2.58. The topological polar surface area (TPSA) is 70.0 Å². The molecule has 3 unspecified atom stereocenters. The van der Waals surface area contributed by atoms with E-state index in [9.17, 15) is 15.0 Å². The monoisotopic (exact) mass is 357 g/mol. The van der Waals surface area contributed by atoms with Crippen molar-refractivity contribution in [3.05, 3.63) is 35.9 Å². The van der Waals surface area contributed by atoms with Gasteiger partial charge in [-0.25, -0.2) is 0 Å². The first-order valence-corrected chi connectivity index (χ1v) is 9.49. The molecule has 1 aromatic rings. The van der Waals surface area contributed by atoms with Gasteiger partial charge in [0.25, 0.3) is 0 Å². The number of nitrogens with zero attached hydrogens (tertiary/aromatic N) is 1. The van der Waals surface area contributed by atoms with Gasteiger partial charge in [0.1, 0.15) is 0 Å². The number of carbonyl (C=O) groups is 1. The van der Waals surface area contributed by atoms with E-state index in [1.54, 1.807) is 6.07 Å². The van der Waals surface area contributed by atoms with Gasteiger partial charge in [-0.15, -0.1) is 6.58 Å². The van der Waals surface area contributed by atoms with Crippen LogP contribution in [0.4, 0.5) is 0 Å². The summed E-state index contributed by atoms with van der Waals surface area (Å²) >= 11 is 0. The van der Waals surface area contributed by atoms with Crippen LogP contribution < -0.4 is 4.74 Å². The third kappa shape index (κ3) is 1.96. The van der Waals surface area contributed by atoms with Crippen LogP contribution in [0.3, 0.4) is 0 Å². The first kappa shape index (κ1) is 17.6. The fourth-order valence-electron chi connectivity index (χ4n) is 5.75. The van der Waals surface area contributed by atoms with E-state index >= 15 is 0 Å². The van der Waals surface area contributed by atoms with Crippen molar-refractivity contribution in [1.82, 2.24) is 4.90 Å². The number of hydrogen-bond donors (Lipinski definition) is 2. The quantitative estimate of drug-likeness (QED) is 0.792. The van der Waals surface area contributed by atoms with E-state index in [4.69, 9.17) is 4.74 Å². The van der Waals surface area contributed by atoms with Gasteiger partial charge >= 0.3 is 0 Å². The predicted octanol–water partition coefficient (Wildman–Crippen LogP) is 2.33. The lowest BCUT2D eigenvalue weighted by atomic mass is 9.50. The van der Waals surface area contributed by atoms with Crippen molar-refractivity contribution >= 4 is 5.78 Å². The first-order valence-electron chi connectivity index (χ1n) is 9.49. The Kier molecular flexibility index (Phi) is 3.93. The van der Waals surface area contributed by atoms with Gasteiger partial charge in [0.15, 0.2) is 23.4 Å². The molecule has 0 bridgehead atoms. The van der Waals surface area contributed by atoms with Crippen LogP contribution in [0.2, 0.25) is 0 Å². The van der Waals surface area contributed by atoms with Gasteiger partial charge in [0.05, 0.1) is 11.0 Å². The second kappa shape index (κ2) is 5.83. The third-order valence-electron chi connectivity index (χ3n) is 6.73. The molecule has 1 heterocycles. The number of carbonyl (C=O) groups excluding carboxylic acids is 1. The van der Waals surface area contributed by atoms with E-state index in [-0.39, 0.29) is 17.6 Å². The molecule has 2 N–H and O–H groups in total. The van der Waals surface area contributed by atoms with Crippen molar-refractivity contribution in [3.8, 4) is 11.5 Å². The number of Topliss-reactive ketones (excluding diaryl/α,β-unsaturated/α-hetero) is 1. The van der Waals surface area contributed by atoms with Crippen LogP contribution >= 0.6 is 0 Å². The summed E-state index contributed by atoms with van der Waals surface area (Å²) in [5.74, 6) is 0.484. The SMILES string of the molecule is C=CCN(C)C1Cc2ccc(O)c3c2[C@]2(CCC)C(O3)C(=O)CCC12O. The lowest BCUT2D eigenvalue weighted by molar-refractivity contribution is -0.169. The summed E-state index contributed by atoms with van der Waals surface area (Å²) in [5.41, 5.74) is 0.0571. The van der Waals surface area contributed by atoms with Gasteiger partial charge in [0, 0.05) is 24.6 Å². The van der Waals surface area contributed by atoms with Crippen LogP contribution in [0.25, 0.3) is 0 Å². The van der Waals surface area contributed by atoms with E-state index in [1.807, 2.05) is 19.2 Å². The molecule has 4 atom stereocenters. The Bertz CT molecular complexity index is 776. The zero-order valence-electron chi connectivity index (χ0n) is 15.5. The number of hydrogen-bond acceptors (Lipinski definition) is 5. The molecule has 2 aliphatic carbocycles. The Morgan fingerprint density at radius 1 is 1.46 bits per heavy atom. The Balaban J connectivity index is 2.00. The van der Waals surface area contributed by atoms with Crippen molar-refractivity contribution in [2.24, 2.45) is 0 Å². The van der Waals surface area contributed by atoms with Crippen LogP contribution in [0, 0.1) is 0 Å². The van der Waals surface area contributed by atoms with Crippen LogP contribution in [-0.4, -0.2) is 52.2 Å². The number of aromatic hydroxyl groups is 1. The van der Waals surface area contributed by atoms with Gasteiger partial charge in [-0.1, -0.05) is 25.5 Å². The molecule has 26 heavy (non-hydrogen) atoms. The molecule has 1 aromatic carbocycles. The molecule has 0 saturated heterocycles. The van der Waals surface area contributed by atoms with Gasteiger partial charge in [-0.2, -0.15) is 0 Å². The fourth-order valence-corrected chi connectivity index (χ4v) is 5.75. The fraction of sp³-hybridized carbons (Fsp3) is 0.571.